The van der Waals surface area contributed by atoms with E-state index in [0.717, 1.165) is 31.6 Å². The van der Waals surface area contributed by atoms with Crippen LogP contribution in [-0.4, -0.2) is 56.7 Å². The summed E-state index contributed by atoms with van der Waals surface area (Å²) in [6.07, 6.45) is 1.03. The molecule has 0 bridgehead atoms. The number of methoxy groups -OCH3 is 1. The van der Waals surface area contributed by atoms with Crippen LogP contribution in [-0.2, 0) is 0 Å². The third-order valence-corrected chi connectivity index (χ3v) is 4.21. The van der Waals surface area contributed by atoms with Crippen molar-refractivity contribution in [1.29, 1.82) is 0 Å². The number of ether oxygens (including phenoxy) is 1. The van der Waals surface area contributed by atoms with Crippen molar-refractivity contribution in [2.45, 2.75) is 19.4 Å². The van der Waals surface area contributed by atoms with Gasteiger partial charge in [-0.25, -0.2) is 9.18 Å². The number of hydrogen-bond acceptors (Lipinski definition) is 3. The standard InChI is InChI=1S/C17H26FN3O2/c1-12(14-5-6-15(18)16(9-14)23-4)19-17(22)21-8-7-13(11-21)10-20(2)3/h5-6,9,12-13H,7-8,10-11H2,1-4H3,(H,19,22)/t12-,13-/m1/s1. The Balaban J connectivity index is 1.92. The van der Waals surface area contributed by atoms with Gasteiger partial charge < -0.3 is 19.9 Å². The lowest BCUT2D eigenvalue weighted by Gasteiger charge is -2.22. The van der Waals surface area contributed by atoms with E-state index < -0.39 is 5.82 Å². The van der Waals surface area contributed by atoms with Crippen LogP contribution in [0.1, 0.15) is 24.9 Å². The number of urea groups is 1. The van der Waals surface area contributed by atoms with E-state index in [0.29, 0.717) is 5.92 Å². The molecular weight excluding hydrogens is 297 g/mol. The molecule has 0 aliphatic carbocycles. The van der Waals surface area contributed by atoms with Gasteiger partial charge in [-0.2, -0.15) is 0 Å². The molecule has 1 aromatic carbocycles. The normalized spacial score (nSPS) is 19.0. The van der Waals surface area contributed by atoms with Gasteiger partial charge in [0, 0.05) is 19.6 Å². The van der Waals surface area contributed by atoms with Gasteiger partial charge in [0.1, 0.15) is 0 Å². The summed E-state index contributed by atoms with van der Waals surface area (Å²) in [5.41, 5.74) is 0.820. The smallest absolute Gasteiger partial charge is 0.317 e. The molecule has 1 heterocycles. The fraction of sp³-hybridized carbons (Fsp3) is 0.588. The fourth-order valence-corrected chi connectivity index (χ4v) is 2.99. The number of halogens is 1. The van der Waals surface area contributed by atoms with E-state index in [1.165, 1.54) is 13.2 Å². The lowest BCUT2D eigenvalue weighted by atomic mass is 10.1. The van der Waals surface area contributed by atoms with Crippen molar-refractivity contribution in [1.82, 2.24) is 15.1 Å². The average Bonchev–Trinajstić information content (AvgIpc) is 2.95. The Morgan fingerprint density at radius 2 is 2.26 bits per heavy atom. The summed E-state index contributed by atoms with van der Waals surface area (Å²) in [5, 5.41) is 2.98. The molecule has 6 heteroatoms. The minimum atomic E-state index is -0.402. The predicted octanol–water partition coefficient (Wildman–Crippen LogP) is 2.49. The summed E-state index contributed by atoms with van der Waals surface area (Å²) in [5.74, 6) is 0.314. The van der Waals surface area contributed by atoms with E-state index in [2.05, 4.69) is 10.2 Å². The van der Waals surface area contributed by atoms with Gasteiger partial charge in [-0.15, -0.1) is 0 Å². The maximum Gasteiger partial charge on any atom is 0.317 e. The highest BCUT2D eigenvalue weighted by Gasteiger charge is 2.27. The second kappa shape index (κ2) is 7.64. The molecule has 1 aliphatic rings. The van der Waals surface area contributed by atoms with Crippen molar-refractivity contribution in [2.24, 2.45) is 5.92 Å². The van der Waals surface area contributed by atoms with Crippen LogP contribution in [0, 0.1) is 11.7 Å². The largest absolute Gasteiger partial charge is 0.494 e. The van der Waals surface area contributed by atoms with E-state index in [1.54, 1.807) is 12.1 Å². The second-order valence-corrected chi connectivity index (χ2v) is 6.43. The Hall–Kier alpha value is -1.82. The Morgan fingerprint density at radius 1 is 1.52 bits per heavy atom. The molecule has 2 rings (SSSR count). The number of likely N-dealkylation sites (tertiary alicyclic amines) is 1. The van der Waals surface area contributed by atoms with Crippen molar-refractivity contribution >= 4 is 6.03 Å². The number of hydrogen-bond donors (Lipinski definition) is 1. The first-order valence-electron chi connectivity index (χ1n) is 7.94. The lowest BCUT2D eigenvalue weighted by molar-refractivity contribution is 0.202. The Morgan fingerprint density at radius 3 is 2.91 bits per heavy atom. The zero-order chi connectivity index (χ0) is 17.0. The molecule has 1 fully saturated rings. The van der Waals surface area contributed by atoms with E-state index >= 15 is 0 Å². The molecular formula is C17H26FN3O2. The summed E-state index contributed by atoms with van der Waals surface area (Å²) in [7, 11) is 5.53. The van der Waals surface area contributed by atoms with Crippen LogP contribution < -0.4 is 10.1 Å². The van der Waals surface area contributed by atoms with Crippen molar-refractivity contribution in [3.8, 4) is 5.75 Å². The molecule has 2 amide bonds. The lowest BCUT2D eigenvalue weighted by Crippen LogP contribution is -2.40. The van der Waals surface area contributed by atoms with Crippen LogP contribution in [0.3, 0.4) is 0 Å². The van der Waals surface area contributed by atoms with Crippen LogP contribution in [0.2, 0.25) is 0 Å². The Kier molecular flexibility index (Phi) is 5.82. The topological polar surface area (TPSA) is 44.8 Å². The number of carbonyl (C=O) groups is 1. The summed E-state index contributed by atoms with van der Waals surface area (Å²) >= 11 is 0. The first-order valence-corrected chi connectivity index (χ1v) is 7.94. The van der Waals surface area contributed by atoms with Crippen LogP contribution in [0.25, 0.3) is 0 Å². The first-order chi connectivity index (χ1) is 10.9. The minimum absolute atomic E-state index is 0.0675. The zero-order valence-electron chi connectivity index (χ0n) is 14.3. The summed E-state index contributed by atoms with van der Waals surface area (Å²) in [6.45, 7) is 4.44. The molecule has 2 atom stereocenters. The third-order valence-electron chi connectivity index (χ3n) is 4.21. The van der Waals surface area contributed by atoms with Crippen molar-refractivity contribution in [2.75, 3.05) is 40.8 Å². The van der Waals surface area contributed by atoms with Crippen LogP contribution in [0.15, 0.2) is 18.2 Å². The van der Waals surface area contributed by atoms with E-state index in [1.807, 2.05) is 25.9 Å². The fourth-order valence-electron chi connectivity index (χ4n) is 2.99. The number of amides is 2. The molecule has 0 unspecified atom stereocenters. The van der Waals surface area contributed by atoms with Gasteiger partial charge in [0.25, 0.3) is 0 Å². The number of nitrogens with zero attached hydrogens (tertiary/aromatic N) is 2. The molecule has 0 aromatic heterocycles. The van der Waals surface area contributed by atoms with Crippen LogP contribution >= 0.6 is 0 Å². The zero-order valence-corrected chi connectivity index (χ0v) is 14.3. The van der Waals surface area contributed by atoms with Crippen LogP contribution in [0.4, 0.5) is 9.18 Å². The monoisotopic (exact) mass is 323 g/mol. The highest BCUT2D eigenvalue weighted by molar-refractivity contribution is 5.75. The van der Waals surface area contributed by atoms with Gasteiger partial charge in [0.15, 0.2) is 11.6 Å². The summed E-state index contributed by atoms with van der Waals surface area (Å²) < 4.78 is 18.5. The predicted molar refractivity (Wildman–Crippen MR) is 88.1 cm³/mol. The quantitative estimate of drug-likeness (QED) is 0.905. The van der Waals surface area contributed by atoms with Gasteiger partial charge >= 0.3 is 6.03 Å². The highest BCUT2D eigenvalue weighted by Crippen LogP contribution is 2.23. The number of benzene rings is 1. The third kappa shape index (κ3) is 4.58. The van der Waals surface area contributed by atoms with Gasteiger partial charge in [-0.1, -0.05) is 6.07 Å². The average molecular weight is 323 g/mol. The van der Waals surface area contributed by atoms with E-state index in [9.17, 15) is 9.18 Å². The number of rotatable bonds is 5. The maximum atomic E-state index is 13.5. The van der Waals surface area contributed by atoms with Gasteiger partial charge in [0.2, 0.25) is 0 Å². The molecule has 1 aliphatic heterocycles. The van der Waals surface area contributed by atoms with Crippen molar-refractivity contribution in [3.05, 3.63) is 29.6 Å². The molecule has 128 valence electrons. The molecule has 23 heavy (non-hydrogen) atoms. The Bertz CT molecular complexity index is 551. The minimum Gasteiger partial charge on any atom is -0.494 e. The molecule has 5 nitrogen and oxygen atoms in total. The number of carbonyl (C=O) groups excluding carboxylic acids is 1. The molecule has 0 spiro atoms. The van der Waals surface area contributed by atoms with Gasteiger partial charge in [-0.3, -0.25) is 0 Å². The van der Waals surface area contributed by atoms with Crippen molar-refractivity contribution < 1.29 is 13.9 Å². The molecule has 0 radical (unpaired) electrons. The number of nitrogens with one attached hydrogen (secondary N) is 1. The van der Waals surface area contributed by atoms with Gasteiger partial charge in [-0.05, 0) is 51.1 Å². The van der Waals surface area contributed by atoms with Crippen molar-refractivity contribution in [3.63, 3.8) is 0 Å². The SMILES string of the molecule is COc1cc([C@@H](C)NC(=O)N2CC[C@H](CN(C)C)C2)ccc1F. The molecule has 1 N–H and O–H groups in total. The highest BCUT2D eigenvalue weighted by atomic mass is 19.1. The molecule has 0 saturated carbocycles. The second-order valence-electron chi connectivity index (χ2n) is 6.43. The van der Waals surface area contributed by atoms with E-state index in [-0.39, 0.29) is 17.8 Å². The van der Waals surface area contributed by atoms with E-state index in [4.69, 9.17) is 4.74 Å². The first kappa shape index (κ1) is 17.5. The summed E-state index contributed by atoms with van der Waals surface area (Å²) in [6, 6.07) is 4.38. The maximum absolute atomic E-state index is 13.5. The Labute approximate surface area is 137 Å². The van der Waals surface area contributed by atoms with Crippen LogP contribution in [0.5, 0.6) is 5.75 Å². The summed E-state index contributed by atoms with van der Waals surface area (Å²) in [4.78, 5) is 16.4. The van der Waals surface area contributed by atoms with Gasteiger partial charge in [0.05, 0.1) is 13.2 Å². The molecule has 1 saturated heterocycles. The molecule has 1 aromatic rings.